The van der Waals surface area contributed by atoms with Crippen molar-refractivity contribution < 1.29 is 9.53 Å². The Hall–Kier alpha value is -1.68. The monoisotopic (exact) mass is 347 g/mol. The molecule has 4 heteroatoms. The molecule has 0 aliphatic heterocycles. The van der Waals surface area contributed by atoms with Gasteiger partial charge in [0, 0.05) is 10.0 Å². The number of carbonyl (C=O) groups is 1. The molecule has 21 heavy (non-hydrogen) atoms. The summed E-state index contributed by atoms with van der Waals surface area (Å²) in [7, 11) is 0. The number of rotatable bonds is 4. The molecule has 0 unspecified atom stereocenters. The van der Waals surface area contributed by atoms with Crippen molar-refractivity contribution in [2.24, 2.45) is 0 Å². The van der Waals surface area contributed by atoms with Crippen LogP contribution in [0.2, 0.25) is 0 Å². The molecular weight excluding hydrogens is 330 g/mol. The predicted molar refractivity (Wildman–Crippen MR) is 87.4 cm³/mol. The van der Waals surface area contributed by atoms with Crippen LogP contribution >= 0.6 is 15.9 Å². The van der Waals surface area contributed by atoms with Crippen LogP contribution in [0.15, 0.2) is 40.9 Å². The maximum Gasteiger partial charge on any atom is 0.339 e. The van der Waals surface area contributed by atoms with Gasteiger partial charge in [-0.1, -0.05) is 48.0 Å². The van der Waals surface area contributed by atoms with Crippen molar-refractivity contribution in [2.75, 3.05) is 6.61 Å². The average Bonchev–Trinajstić information content (AvgIpc) is 2.47. The largest absolute Gasteiger partial charge is 0.462 e. The molecule has 2 aromatic rings. The lowest BCUT2D eigenvalue weighted by Gasteiger charge is -2.13. The van der Waals surface area contributed by atoms with Crippen LogP contribution in [0.1, 0.15) is 42.7 Å². The molecule has 0 aliphatic carbocycles. The van der Waals surface area contributed by atoms with Gasteiger partial charge in [0.25, 0.3) is 0 Å². The van der Waals surface area contributed by atoms with Crippen LogP contribution in [-0.2, 0) is 4.74 Å². The highest BCUT2D eigenvalue weighted by Gasteiger charge is 2.18. The summed E-state index contributed by atoms with van der Waals surface area (Å²) < 4.78 is 6.08. The fourth-order valence-corrected chi connectivity index (χ4v) is 2.60. The Morgan fingerprint density at radius 3 is 2.57 bits per heavy atom. The second-order valence-electron chi connectivity index (χ2n) is 4.98. The van der Waals surface area contributed by atoms with Gasteiger partial charge >= 0.3 is 5.97 Å². The van der Waals surface area contributed by atoms with E-state index in [1.165, 1.54) is 0 Å². The van der Waals surface area contributed by atoms with Gasteiger partial charge in [-0.2, -0.15) is 0 Å². The molecule has 3 nitrogen and oxygen atoms in total. The van der Waals surface area contributed by atoms with Gasteiger partial charge in [0.15, 0.2) is 0 Å². The van der Waals surface area contributed by atoms with Crippen LogP contribution < -0.4 is 0 Å². The van der Waals surface area contributed by atoms with E-state index in [1.807, 2.05) is 44.2 Å². The van der Waals surface area contributed by atoms with Crippen LogP contribution in [0, 0.1) is 0 Å². The second-order valence-corrected chi connectivity index (χ2v) is 5.84. The molecule has 2 rings (SSSR count). The smallest absolute Gasteiger partial charge is 0.339 e. The Morgan fingerprint density at radius 2 is 1.95 bits per heavy atom. The third-order valence-electron chi connectivity index (χ3n) is 3.12. The summed E-state index contributed by atoms with van der Waals surface area (Å²) in [6.07, 6.45) is 0. The molecule has 0 amide bonds. The van der Waals surface area contributed by atoms with Gasteiger partial charge in [-0.25, -0.2) is 4.79 Å². The number of hydrogen-bond acceptors (Lipinski definition) is 3. The molecule has 0 saturated heterocycles. The van der Waals surface area contributed by atoms with E-state index in [2.05, 4.69) is 20.9 Å². The highest BCUT2D eigenvalue weighted by molar-refractivity contribution is 9.10. The number of aromatic nitrogens is 1. The lowest BCUT2D eigenvalue weighted by molar-refractivity contribution is 0.0524. The minimum absolute atomic E-state index is 0.145. The molecule has 0 radical (unpaired) electrons. The van der Waals surface area contributed by atoms with Gasteiger partial charge in [0.1, 0.15) is 0 Å². The Bertz CT molecular complexity index is 653. The van der Waals surface area contributed by atoms with Gasteiger partial charge in [-0.05, 0) is 31.0 Å². The number of pyridine rings is 1. The number of nitrogens with zero attached hydrogens (tertiary/aromatic N) is 1. The summed E-state index contributed by atoms with van der Waals surface area (Å²) in [5, 5.41) is 0. The standard InChI is InChI=1S/C17H18BrNO2/c1-4-21-17(20)13-9-10-15(19-16(13)11(2)3)12-7-5-6-8-14(12)18/h5-11H,4H2,1-3H3. The minimum Gasteiger partial charge on any atom is -0.462 e. The van der Waals surface area contributed by atoms with E-state index in [-0.39, 0.29) is 11.9 Å². The SMILES string of the molecule is CCOC(=O)c1ccc(-c2ccccc2Br)nc1C(C)C. The average molecular weight is 348 g/mol. The van der Waals surface area contributed by atoms with E-state index >= 15 is 0 Å². The van der Waals surface area contributed by atoms with Crippen molar-refractivity contribution in [2.45, 2.75) is 26.7 Å². The Kier molecular flexibility index (Phi) is 5.12. The van der Waals surface area contributed by atoms with E-state index in [9.17, 15) is 4.79 Å². The van der Waals surface area contributed by atoms with Gasteiger partial charge in [0.2, 0.25) is 0 Å². The van der Waals surface area contributed by atoms with Gasteiger partial charge in [-0.3, -0.25) is 4.98 Å². The molecule has 0 N–H and O–H groups in total. The van der Waals surface area contributed by atoms with Crippen molar-refractivity contribution in [3.63, 3.8) is 0 Å². The fraction of sp³-hybridized carbons (Fsp3) is 0.294. The number of ether oxygens (including phenoxy) is 1. The van der Waals surface area contributed by atoms with Crippen molar-refractivity contribution >= 4 is 21.9 Å². The fourth-order valence-electron chi connectivity index (χ4n) is 2.12. The third-order valence-corrected chi connectivity index (χ3v) is 3.81. The zero-order chi connectivity index (χ0) is 15.4. The first-order valence-corrected chi connectivity index (χ1v) is 7.76. The summed E-state index contributed by atoms with van der Waals surface area (Å²) in [6, 6.07) is 11.6. The van der Waals surface area contributed by atoms with Crippen LogP contribution in [0.25, 0.3) is 11.3 Å². The van der Waals surface area contributed by atoms with E-state index in [0.717, 1.165) is 21.4 Å². The van der Waals surface area contributed by atoms with E-state index in [0.29, 0.717) is 12.2 Å². The summed E-state index contributed by atoms with van der Waals surface area (Å²) in [6.45, 7) is 6.21. The van der Waals surface area contributed by atoms with Crippen LogP contribution in [0.4, 0.5) is 0 Å². The first-order chi connectivity index (χ1) is 10.0. The van der Waals surface area contributed by atoms with Crippen molar-refractivity contribution in [3.8, 4) is 11.3 Å². The predicted octanol–water partition coefficient (Wildman–Crippen LogP) is 4.81. The molecule has 1 aromatic heterocycles. The third kappa shape index (κ3) is 3.50. The number of esters is 1. The zero-order valence-corrected chi connectivity index (χ0v) is 14.0. The summed E-state index contributed by atoms with van der Waals surface area (Å²) >= 11 is 3.54. The number of halogens is 1. The summed E-state index contributed by atoms with van der Waals surface area (Å²) in [4.78, 5) is 16.7. The second kappa shape index (κ2) is 6.85. The van der Waals surface area contributed by atoms with Gasteiger partial charge in [0.05, 0.1) is 23.6 Å². The number of hydrogen-bond donors (Lipinski definition) is 0. The van der Waals surface area contributed by atoms with Crippen LogP contribution in [0.3, 0.4) is 0 Å². The zero-order valence-electron chi connectivity index (χ0n) is 12.4. The molecule has 0 bridgehead atoms. The molecule has 0 aliphatic rings. The Labute approximate surface area is 133 Å². The summed E-state index contributed by atoms with van der Waals surface area (Å²) in [5.74, 6) is -0.167. The van der Waals surface area contributed by atoms with Gasteiger partial charge in [-0.15, -0.1) is 0 Å². The highest BCUT2D eigenvalue weighted by atomic mass is 79.9. The lowest BCUT2D eigenvalue weighted by Crippen LogP contribution is -2.11. The topological polar surface area (TPSA) is 39.2 Å². The molecule has 1 aromatic carbocycles. The number of carbonyl (C=O) groups excluding carboxylic acids is 1. The molecule has 110 valence electrons. The lowest BCUT2D eigenvalue weighted by atomic mass is 10.0. The normalized spacial score (nSPS) is 10.7. The van der Waals surface area contributed by atoms with Crippen LogP contribution in [0.5, 0.6) is 0 Å². The minimum atomic E-state index is -0.313. The maximum absolute atomic E-state index is 12.0. The first kappa shape index (κ1) is 15.7. The first-order valence-electron chi connectivity index (χ1n) is 6.97. The molecule has 0 spiro atoms. The molecular formula is C17H18BrNO2. The molecule has 0 fully saturated rings. The van der Waals surface area contributed by atoms with Gasteiger partial charge < -0.3 is 4.74 Å². The molecule has 0 saturated carbocycles. The molecule has 1 heterocycles. The number of benzene rings is 1. The van der Waals surface area contributed by atoms with Crippen molar-refractivity contribution in [1.82, 2.24) is 4.98 Å². The van der Waals surface area contributed by atoms with Crippen LogP contribution in [-0.4, -0.2) is 17.6 Å². The Balaban J connectivity index is 2.51. The van der Waals surface area contributed by atoms with Crippen molar-refractivity contribution in [3.05, 3.63) is 52.1 Å². The quantitative estimate of drug-likeness (QED) is 0.745. The summed E-state index contributed by atoms with van der Waals surface area (Å²) in [5.41, 5.74) is 3.17. The van der Waals surface area contributed by atoms with E-state index < -0.39 is 0 Å². The van der Waals surface area contributed by atoms with E-state index in [1.54, 1.807) is 13.0 Å². The maximum atomic E-state index is 12.0. The molecule has 0 atom stereocenters. The van der Waals surface area contributed by atoms with E-state index in [4.69, 9.17) is 4.74 Å². The highest BCUT2D eigenvalue weighted by Crippen LogP contribution is 2.29. The van der Waals surface area contributed by atoms with Crippen molar-refractivity contribution in [1.29, 1.82) is 0 Å². The Morgan fingerprint density at radius 1 is 1.24 bits per heavy atom.